The first-order valence-corrected chi connectivity index (χ1v) is 5.18. The normalized spacial score (nSPS) is 11.0. The number of anilines is 1. The zero-order valence-corrected chi connectivity index (χ0v) is 11.0. The Balaban J connectivity index is 0.00000180. The monoisotopic (exact) mass is 292 g/mol. The van der Waals surface area contributed by atoms with Gasteiger partial charge in [0.05, 0.1) is 0 Å². The largest absolute Gasteiger partial charge is 0.453 e. The van der Waals surface area contributed by atoms with Gasteiger partial charge in [-0.3, -0.25) is 0 Å². The number of aromatic nitrogens is 3. The number of aryl methyl sites for hydroxylation is 1. The molecule has 0 saturated carbocycles. The van der Waals surface area contributed by atoms with Gasteiger partial charge in [-0.25, -0.2) is 9.67 Å². The Morgan fingerprint density at radius 1 is 1.16 bits per heavy atom. The van der Waals surface area contributed by atoms with Crippen LogP contribution in [-0.4, -0.2) is 21.8 Å². The second-order valence-corrected chi connectivity index (χ2v) is 3.71. The Bertz CT molecular complexity index is 548. The van der Waals surface area contributed by atoms with E-state index in [9.17, 15) is 13.2 Å². The van der Waals surface area contributed by atoms with Crippen molar-refractivity contribution in [2.24, 2.45) is 7.05 Å². The summed E-state index contributed by atoms with van der Waals surface area (Å²) in [6.07, 6.45) is -4.53. The fraction of sp³-hybridized carbons (Fsp3) is 0.273. The number of benzene rings is 1. The average molecular weight is 293 g/mol. The van der Waals surface area contributed by atoms with Crippen LogP contribution in [0.4, 0.5) is 18.9 Å². The maximum absolute atomic E-state index is 12.5. The molecule has 2 rings (SSSR count). The van der Waals surface area contributed by atoms with Crippen molar-refractivity contribution >= 4 is 18.1 Å². The van der Waals surface area contributed by atoms with Gasteiger partial charge >= 0.3 is 6.18 Å². The number of halogens is 4. The molecule has 1 aromatic heterocycles. The third-order valence-corrected chi connectivity index (χ3v) is 2.45. The van der Waals surface area contributed by atoms with E-state index in [4.69, 9.17) is 0 Å². The number of rotatable bonds is 2. The van der Waals surface area contributed by atoms with Gasteiger partial charge in [-0.1, -0.05) is 0 Å². The molecule has 19 heavy (non-hydrogen) atoms. The zero-order chi connectivity index (χ0) is 13.3. The van der Waals surface area contributed by atoms with Gasteiger partial charge in [-0.15, -0.1) is 17.5 Å². The van der Waals surface area contributed by atoms with Crippen molar-refractivity contribution in [2.45, 2.75) is 6.18 Å². The van der Waals surface area contributed by atoms with Crippen LogP contribution >= 0.6 is 12.4 Å². The van der Waals surface area contributed by atoms with Crippen LogP contribution in [0.3, 0.4) is 0 Å². The van der Waals surface area contributed by atoms with E-state index in [0.29, 0.717) is 5.56 Å². The number of hydrogen-bond donors (Lipinski definition) is 1. The van der Waals surface area contributed by atoms with Crippen LogP contribution in [0.15, 0.2) is 24.3 Å². The number of alkyl halides is 3. The van der Waals surface area contributed by atoms with Crippen LogP contribution in [0, 0.1) is 0 Å². The Hall–Kier alpha value is -1.76. The van der Waals surface area contributed by atoms with Crippen LogP contribution in [0.2, 0.25) is 0 Å². The molecular formula is C11H12ClF3N4. The Labute approximate surface area is 114 Å². The molecule has 0 aliphatic carbocycles. The lowest BCUT2D eigenvalue weighted by Crippen LogP contribution is -2.08. The first-order valence-electron chi connectivity index (χ1n) is 5.18. The SMILES string of the molecule is CNc1ccc(-c2nc(C(F)(F)F)nn2C)cc1.Cl. The van der Waals surface area contributed by atoms with Crippen molar-refractivity contribution in [1.29, 1.82) is 0 Å². The topological polar surface area (TPSA) is 42.7 Å². The smallest absolute Gasteiger partial charge is 0.388 e. The Morgan fingerprint density at radius 3 is 2.16 bits per heavy atom. The van der Waals surface area contributed by atoms with Gasteiger partial charge in [-0.2, -0.15) is 13.2 Å². The molecule has 0 radical (unpaired) electrons. The molecule has 0 saturated heterocycles. The molecule has 4 nitrogen and oxygen atoms in total. The summed E-state index contributed by atoms with van der Waals surface area (Å²) in [5.41, 5.74) is 1.46. The number of nitrogens with zero attached hydrogens (tertiary/aromatic N) is 3. The second kappa shape index (κ2) is 5.48. The molecule has 0 unspecified atom stereocenters. The maximum atomic E-state index is 12.5. The fourth-order valence-electron chi connectivity index (χ4n) is 1.54. The Kier molecular flexibility index (Phi) is 4.41. The van der Waals surface area contributed by atoms with Crippen molar-refractivity contribution in [3.63, 3.8) is 0 Å². The molecule has 1 aromatic carbocycles. The lowest BCUT2D eigenvalue weighted by atomic mass is 10.2. The lowest BCUT2D eigenvalue weighted by molar-refractivity contribution is -0.144. The van der Waals surface area contributed by atoms with Crippen molar-refractivity contribution < 1.29 is 13.2 Å². The molecule has 0 bridgehead atoms. The van der Waals surface area contributed by atoms with Crippen LogP contribution in [0.1, 0.15) is 5.82 Å². The van der Waals surface area contributed by atoms with E-state index >= 15 is 0 Å². The van der Waals surface area contributed by atoms with E-state index in [2.05, 4.69) is 15.4 Å². The van der Waals surface area contributed by atoms with Crippen molar-refractivity contribution in [3.05, 3.63) is 30.1 Å². The third kappa shape index (κ3) is 3.17. The highest BCUT2D eigenvalue weighted by Crippen LogP contribution is 2.28. The predicted molar refractivity (Wildman–Crippen MR) is 68.2 cm³/mol. The standard InChI is InChI=1S/C11H11F3N4.ClH/c1-15-8-5-3-7(4-6-8)9-16-10(11(12,13)14)17-18(9)2;/h3-6,15H,1-2H3;1H. The summed E-state index contributed by atoms with van der Waals surface area (Å²) in [5.74, 6) is -0.942. The van der Waals surface area contributed by atoms with E-state index in [1.165, 1.54) is 7.05 Å². The summed E-state index contributed by atoms with van der Waals surface area (Å²) < 4.78 is 38.5. The lowest BCUT2D eigenvalue weighted by Gasteiger charge is -2.02. The molecule has 0 spiro atoms. The summed E-state index contributed by atoms with van der Waals surface area (Å²) in [5, 5.41) is 6.29. The fourth-order valence-corrected chi connectivity index (χ4v) is 1.54. The molecule has 0 amide bonds. The van der Waals surface area contributed by atoms with Crippen molar-refractivity contribution in [2.75, 3.05) is 12.4 Å². The highest BCUT2D eigenvalue weighted by molar-refractivity contribution is 5.85. The summed E-state index contributed by atoms with van der Waals surface area (Å²) in [6, 6.07) is 6.90. The van der Waals surface area contributed by atoms with Crippen molar-refractivity contribution in [3.8, 4) is 11.4 Å². The van der Waals surface area contributed by atoms with E-state index in [-0.39, 0.29) is 18.2 Å². The molecule has 0 atom stereocenters. The molecule has 0 aliphatic rings. The minimum Gasteiger partial charge on any atom is -0.388 e. The van der Waals surface area contributed by atoms with Crippen LogP contribution < -0.4 is 5.32 Å². The second-order valence-electron chi connectivity index (χ2n) is 3.71. The minimum atomic E-state index is -4.53. The van der Waals surface area contributed by atoms with Crippen LogP contribution in [0.25, 0.3) is 11.4 Å². The molecule has 104 valence electrons. The van der Waals surface area contributed by atoms with Crippen LogP contribution in [-0.2, 0) is 13.2 Å². The van der Waals surface area contributed by atoms with E-state index < -0.39 is 12.0 Å². The van der Waals surface area contributed by atoms with Gasteiger partial charge in [0.1, 0.15) is 0 Å². The maximum Gasteiger partial charge on any atom is 0.453 e. The van der Waals surface area contributed by atoms with E-state index in [1.807, 2.05) is 0 Å². The summed E-state index contributed by atoms with van der Waals surface area (Å²) >= 11 is 0. The summed E-state index contributed by atoms with van der Waals surface area (Å²) in [6.45, 7) is 0. The average Bonchev–Trinajstić information content (AvgIpc) is 2.71. The third-order valence-electron chi connectivity index (χ3n) is 2.45. The zero-order valence-electron chi connectivity index (χ0n) is 10.2. The highest BCUT2D eigenvalue weighted by Gasteiger charge is 2.36. The molecule has 0 aliphatic heterocycles. The Morgan fingerprint density at radius 2 is 1.74 bits per heavy atom. The van der Waals surface area contributed by atoms with Gasteiger partial charge < -0.3 is 5.32 Å². The predicted octanol–water partition coefficient (Wildman–Crippen LogP) is 2.96. The van der Waals surface area contributed by atoms with Gasteiger partial charge in [0.2, 0.25) is 0 Å². The first-order chi connectivity index (χ1) is 8.41. The minimum absolute atomic E-state index is 0. The molecule has 2 aromatic rings. The molecule has 1 heterocycles. The van der Waals surface area contributed by atoms with Gasteiger partial charge in [0.15, 0.2) is 5.82 Å². The molecule has 8 heteroatoms. The number of nitrogens with one attached hydrogen (secondary N) is 1. The molecule has 0 fully saturated rings. The van der Waals surface area contributed by atoms with Gasteiger partial charge in [0, 0.05) is 25.3 Å². The molecule has 1 N–H and O–H groups in total. The highest BCUT2D eigenvalue weighted by atomic mass is 35.5. The summed E-state index contributed by atoms with van der Waals surface area (Å²) in [4.78, 5) is 3.51. The van der Waals surface area contributed by atoms with E-state index in [0.717, 1.165) is 10.4 Å². The van der Waals surface area contributed by atoms with Gasteiger partial charge in [0.25, 0.3) is 5.82 Å². The van der Waals surface area contributed by atoms with Crippen molar-refractivity contribution in [1.82, 2.24) is 14.8 Å². The van der Waals surface area contributed by atoms with Crippen LogP contribution in [0.5, 0.6) is 0 Å². The summed E-state index contributed by atoms with van der Waals surface area (Å²) in [7, 11) is 3.20. The van der Waals surface area contributed by atoms with E-state index in [1.54, 1.807) is 31.3 Å². The molecular weight excluding hydrogens is 281 g/mol. The first kappa shape index (κ1) is 15.3. The quantitative estimate of drug-likeness (QED) is 0.925. The van der Waals surface area contributed by atoms with Gasteiger partial charge in [-0.05, 0) is 24.3 Å². The number of hydrogen-bond acceptors (Lipinski definition) is 3.